The molecule has 1 N–H and O–H groups in total. The summed E-state index contributed by atoms with van der Waals surface area (Å²) in [6, 6.07) is 3.25. The van der Waals surface area contributed by atoms with Gasteiger partial charge in [0.25, 0.3) is 0 Å². The van der Waals surface area contributed by atoms with E-state index < -0.39 is 11.4 Å². The second kappa shape index (κ2) is 5.62. The number of carbonyl (C=O) groups excluding carboxylic acids is 2. The molecule has 0 spiro atoms. The number of hydrogen-bond donors (Lipinski definition) is 1. The van der Waals surface area contributed by atoms with Gasteiger partial charge in [-0.15, -0.1) is 0 Å². The molecule has 0 aromatic heterocycles. The molecular weight excluding hydrogens is 301 g/mol. The lowest BCUT2D eigenvalue weighted by Gasteiger charge is -2.15. The fourth-order valence-electron chi connectivity index (χ4n) is 1.94. The second-order valence-corrected chi connectivity index (χ2v) is 5.65. The molecule has 1 fully saturated rings. The molecule has 0 aliphatic heterocycles. The van der Waals surface area contributed by atoms with Crippen LogP contribution in [0, 0.1) is 12.3 Å². The maximum absolute atomic E-state index is 12.3. The van der Waals surface area contributed by atoms with E-state index >= 15 is 0 Å². The number of halogens is 2. The molecule has 1 aromatic rings. The van der Waals surface area contributed by atoms with Crippen molar-refractivity contribution >= 4 is 40.8 Å². The van der Waals surface area contributed by atoms with Crippen LogP contribution in [0.5, 0.6) is 0 Å². The van der Waals surface area contributed by atoms with Crippen LogP contribution in [0.4, 0.5) is 5.69 Å². The van der Waals surface area contributed by atoms with Crippen LogP contribution in [-0.2, 0) is 14.3 Å². The van der Waals surface area contributed by atoms with Crippen molar-refractivity contribution in [1.29, 1.82) is 0 Å². The first-order valence-electron chi connectivity index (χ1n) is 6.35. The molecule has 1 aromatic carbocycles. The Labute approximate surface area is 127 Å². The molecule has 0 heterocycles. The maximum atomic E-state index is 12.3. The van der Waals surface area contributed by atoms with Crippen molar-refractivity contribution in [2.75, 3.05) is 11.9 Å². The Morgan fingerprint density at radius 2 is 1.90 bits per heavy atom. The minimum atomic E-state index is -1.03. The van der Waals surface area contributed by atoms with Crippen LogP contribution >= 0.6 is 23.2 Å². The second-order valence-electron chi connectivity index (χ2n) is 4.84. The number of aryl methyl sites for hydroxylation is 1. The van der Waals surface area contributed by atoms with Gasteiger partial charge in [-0.25, -0.2) is 0 Å². The molecule has 1 amide bonds. The highest BCUT2D eigenvalue weighted by Crippen LogP contribution is 2.48. The minimum absolute atomic E-state index is 0.264. The fraction of sp³-hybridized carbons (Fsp3) is 0.429. The highest BCUT2D eigenvalue weighted by molar-refractivity contribution is 6.42. The monoisotopic (exact) mass is 315 g/mol. The number of benzene rings is 1. The highest BCUT2D eigenvalue weighted by atomic mass is 35.5. The molecule has 2 rings (SSSR count). The Morgan fingerprint density at radius 3 is 2.45 bits per heavy atom. The first-order valence-corrected chi connectivity index (χ1v) is 7.10. The van der Waals surface area contributed by atoms with Gasteiger partial charge in [0.15, 0.2) is 0 Å². The summed E-state index contributed by atoms with van der Waals surface area (Å²) in [4.78, 5) is 24.1. The van der Waals surface area contributed by atoms with Crippen LogP contribution in [0.1, 0.15) is 25.3 Å². The summed E-state index contributed by atoms with van der Waals surface area (Å²) < 4.78 is 4.95. The Morgan fingerprint density at radius 1 is 1.30 bits per heavy atom. The maximum Gasteiger partial charge on any atom is 0.321 e. The Kier molecular flexibility index (Phi) is 4.25. The summed E-state index contributed by atoms with van der Waals surface area (Å²) in [5.41, 5.74) is 0.307. The quantitative estimate of drug-likeness (QED) is 0.682. The summed E-state index contributed by atoms with van der Waals surface area (Å²) >= 11 is 11.8. The lowest BCUT2D eigenvalue weighted by molar-refractivity contribution is -0.152. The molecule has 0 unspecified atom stereocenters. The molecule has 1 aliphatic rings. The third-order valence-electron chi connectivity index (χ3n) is 3.37. The Balaban J connectivity index is 2.17. The largest absolute Gasteiger partial charge is 0.465 e. The van der Waals surface area contributed by atoms with Crippen LogP contribution in [0.25, 0.3) is 0 Å². The summed E-state index contributed by atoms with van der Waals surface area (Å²) in [6.45, 7) is 3.79. The average Bonchev–Trinajstić information content (AvgIpc) is 3.17. The van der Waals surface area contributed by atoms with Crippen LogP contribution in [0.15, 0.2) is 12.1 Å². The van der Waals surface area contributed by atoms with E-state index in [1.165, 1.54) is 0 Å². The van der Waals surface area contributed by atoms with Gasteiger partial charge in [-0.3, -0.25) is 9.59 Å². The van der Waals surface area contributed by atoms with Crippen molar-refractivity contribution in [3.05, 3.63) is 27.7 Å². The molecule has 0 saturated heterocycles. The SMILES string of the molecule is CCOC(=O)C1(C(=O)Nc2cc(Cl)c(Cl)cc2C)CC1. The Hall–Kier alpha value is -1.26. The van der Waals surface area contributed by atoms with Gasteiger partial charge in [-0.05, 0) is 44.4 Å². The van der Waals surface area contributed by atoms with Gasteiger partial charge >= 0.3 is 5.97 Å². The van der Waals surface area contributed by atoms with Crippen LogP contribution in [0.3, 0.4) is 0 Å². The van der Waals surface area contributed by atoms with E-state index in [1.807, 2.05) is 6.92 Å². The van der Waals surface area contributed by atoms with E-state index in [0.29, 0.717) is 28.6 Å². The molecule has 108 valence electrons. The number of ether oxygens (including phenoxy) is 1. The summed E-state index contributed by atoms with van der Waals surface area (Å²) in [5, 5.41) is 3.52. The molecule has 4 nitrogen and oxygen atoms in total. The standard InChI is InChI=1S/C14H15Cl2NO3/c1-3-20-13(19)14(4-5-14)12(18)17-11-7-10(16)9(15)6-8(11)2/h6-7H,3-5H2,1-2H3,(H,17,18). The third kappa shape index (κ3) is 2.76. The summed E-state index contributed by atoms with van der Waals surface area (Å²) in [5.74, 6) is -0.812. The summed E-state index contributed by atoms with van der Waals surface area (Å²) in [7, 11) is 0. The average molecular weight is 316 g/mol. The van der Waals surface area contributed by atoms with Gasteiger partial charge in [-0.2, -0.15) is 0 Å². The lowest BCUT2D eigenvalue weighted by Crippen LogP contribution is -2.33. The number of carbonyl (C=O) groups is 2. The van der Waals surface area contributed by atoms with E-state index in [-0.39, 0.29) is 12.5 Å². The van der Waals surface area contributed by atoms with Gasteiger partial charge < -0.3 is 10.1 Å². The van der Waals surface area contributed by atoms with E-state index in [1.54, 1.807) is 19.1 Å². The molecule has 1 saturated carbocycles. The molecule has 0 atom stereocenters. The molecule has 20 heavy (non-hydrogen) atoms. The number of amides is 1. The number of esters is 1. The Bertz CT molecular complexity index is 568. The molecular formula is C14H15Cl2NO3. The fourth-order valence-corrected chi connectivity index (χ4v) is 2.32. The number of hydrogen-bond acceptors (Lipinski definition) is 3. The van der Waals surface area contributed by atoms with E-state index in [4.69, 9.17) is 27.9 Å². The van der Waals surface area contributed by atoms with Crippen molar-refractivity contribution in [3.8, 4) is 0 Å². The van der Waals surface area contributed by atoms with Crippen LogP contribution in [-0.4, -0.2) is 18.5 Å². The zero-order valence-electron chi connectivity index (χ0n) is 11.3. The van der Waals surface area contributed by atoms with Crippen LogP contribution < -0.4 is 5.32 Å². The van der Waals surface area contributed by atoms with Crippen molar-refractivity contribution in [2.24, 2.45) is 5.41 Å². The van der Waals surface area contributed by atoms with Crippen molar-refractivity contribution in [3.63, 3.8) is 0 Å². The van der Waals surface area contributed by atoms with Crippen molar-refractivity contribution in [1.82, 2.24) is 0 Å². The first-order chi connectivity index (χ1) is 9.40. The van der Waals surface area contributed by atoms with Gasteiger partial charge in [0, 0.05) is 5.69 Å². The topological polar surface area (TPSA) is 55.4 Å². The van der Waals surface area contributed by atoms with Crippen molar-refractivity contribution in [2.45, 2.75) is 26.7 Å². The van der Waals surface area contributed by atoms with E-state index in [9.17, 15) is 9.59 Å². The van der Waals surface area contributed by atoms with Crippen LogP contribution in [0.2, 0.25) is 10.0 Å². The van der Waals surface area contributed by atoms with Crippen molar-refractivity contribution < 1.29 is 14.3 Å². The van der Waals surface area contributed by atoms with Gasteiger partial charge in [0.1, 0.15) is 5.41 Å². The normalized spacial score (nSPS) is 15.6. The highest BCUT2D eigenvalue weighted by Gasteiger charge is 2.58. The smallest absolute Gasteiger partial charge is 0.321 e. The molecule has 0 radical (unpaired) electrons. The van der Waals surface area contributed by atoms with Gasteiger partial charge in [0.05, 0.1) is 16.7 Å². The predicted molar refractivity (Wildman–Crippen MR) is 78.1 cm³/mol. The lowest BCUT2D eigenvalue weighted by atomic mass is 10.1. The summed E-state index contributed by atoms with van der Waals surface area (Å²) in [6.07, 6.45) is 1.02. The van der Waals surface area contributed by atoms with E-state index in [2.05, 4.69) is 5.32 Å². The molecule has 0 bridgehead atoms. The zero-order chi connectivity index (χ0) is 14.9. The van der Waals surface area contributed by atoms with Gasteiger partial charge in [-0.1, -0.05) is 23.2 Å². The van der Waals surface area contributed by atoms with Gasteiger partial charge in [0.2, 0.25) is 5.91 Å². The predicted octanol–water partition coefficient (Wildman–Crippen LogP) is 3.58. The molecule has 6 heteroatoms. The number of rotatable bonds is 4. The zero-order valence-corrected chi connectivity index (χ0v) is 12.8. The third-order valence-corrected chi connectivity index (χ3v) is 4.09. The van der Waals surface area contributed by atoms with E-state index in [0.717, 1.165) is 5.56 Å². The number of nitrogens with one attached hydrogen (secondary N) is 1. The minimum Gasteiger partial charge on any atom is -0.465 e. The molecule has 1 aliphatic carbocycles. The first kappa shape index (κ1) is 15.1. The number of anilines is 1.